The molecule has 0 aliphatic carbocycles. The van der Waals surface area contributed by atoms with E-state index >= 15 is 0 Å². The van der Waals surface area contributed by atoms with Crippen LogP contribution in [0.3, 0.4) is 0 Å². The predicted molar refractivity (Wildman–Crippen MR) is 69.9 cm³/mol. The van der Waals surface area contributed by atoms with Gasteiger partial charge in [0.1, 0.15) is 17.1 Å². The molecule has 20 heavy (non-hydrogen) atoms. The Hall–Kier alpha value is -2.12. The molecule has 7 nitrogen and oxygen atoms in total. The number of morpholine rings is 1. The Bertz CT molecular complexity index is 646. The topological polar surface area (TPSA) is 87.3 Å². The molecule has 0 saturated carbocycles. The molecule has 7 heteroatoms. The summed E-state index contributed by atoms with van der Waals surface area (Å²) < 4.78 is 6.92. The van der Waals surface area contributed by atoms with Crippen LogP contribution in [0.2, 0.25) is 0 Å². The Morgan fingerprint density at radius 1 is 1.40 bits per heavy atom. The Morgan fingerprint density at radius 3 is 2.85 bits per heavy atom. The van der Waals surface area contributed by atoms with Crippen molar-refractivity contribution in [2.45, 2.75) is 6.54 Å². The average Bonchev–Trinajstić information content (AvgIpc) is 2.81. The molecule has 0 spiro atoms. The van der Waals surface area contributed by atoms with Gasteiger partial charge < -0.3 is 14.9 Å². The molecule has 3 rings (SSSR count). The van der Waals surface area contributed by atoms with Gasteiger partial charge in [0.05, 0.1) is 19.8 Å². The first kappa shape index (κ1) is 12.9. The molecule has 1 aliphatic rings. The van der Waals surface area contributed by atoms with Crippen LogP contribution in [-0.4, -0.2) is 56.8 Å². The Kier molecular flexibility index (Phi) is 3.29. The van der Waals surface area contributed by atoms with E-state index in [2.05, 4.69) is 9.88 Å². The summed E-state index contributed by atoms with van der Waals surface area (Å²) in [6, 6.07) is 3.13. The first-order valence-electron chi connectivity index (χ1n) is 6.39. The van der Waals surface area contributed by atoms with Gasteiger partial charge in [-0.3, -0.25) is 9.30 Å². The van der Waals surface area contributed by atoms with Crippen molar-refractivity contribution in [3.63, 3.8) is 0 Å². The van der Waals surface area contributed by atoms with Crippen molar-refractivity contribution in [2.24, 2.45) is 0 Å². The fraction of sp³-hybridized carbons (Fsp3) is 0.385. The van der Waals surface area contributed by atoms with Gasteiger partial charge in [-0.25, -0.2) is 9.78 Å². The zero-order valence-electron chi connectivity index (χ0n) is 10.8. The molecule has 0 bridgehead atoms. The Morgan fingerprint density at radius 2 is 2.15 bits per heavy atom. The summed E-state index contributed by atoms with van der Waals surface area (Å²) in [7, 11) is 0. The summed E-state index contributed by atoms with van der Waals surface area (Å²) in [4.78, 5) is 17.6. The van der Waals surface area contributed by atoms with Gasteiger partial charge in [-0.05, 0) is 12.1 Å². The smallest absolute Gasteiger partial charge is 0.356 e. The summed E-state index contributed by atoms with van der Waals surface area (Å²) in [6.07, 6.45) is 1.71. The number of aromatic carboxylic acids is 1. The maximum Gasteiger partial charge on any atom is 0.356 e. The third-order valence-electron chi connectivity index (χ3n) is 3.39. The summed E-state index contributed by atoms with van der Waals surface area (Å²) in [5.41, 5.74) is 0.120. The molecule has 1 saturated heterocycles. The highest BCUT2D eigenvalue weighted by Gasteiger charge is 2.21. The van der Waals surface area contributed by atoms with Gasteiger partial charge in [0.2, 0.25) is 0 Å². The highest BCUT2D eigenvalue weighted by molar-refractivity contribution is 5.95. The van der Waals surface area contributed by atoms with Crippen LogP contribution in [0, 0.1) is 0 Å². The van der Waals surface area contributed by atoms with Crippen molar-refractivity contribution >= 4 is 11.5 Å². The standard InChI is InChI=1S/C13H15N3O4/c17-9-2-1-3-16-10(8-15-4-6-20-7-5-15)14-11(12(9)16)13(18)19/h1-3,17H,4-8H2,(H,18,19). The number of hydrogen-bond donors (Lipinski definition) is 2. The quantitative estimate of drug-likeness (QED) is 0.853. The number of aromatic hydroxyl groups is 1. The van der Waals surface area contributed by atoms with E-state index in [9.17, 15) is 15.0 Å². The summed E-state index contributed by atoms with van der Waals surface area (Å²) >= 11 is 0. The average molecular weight is 277 g/mol. The van der Waals surface area contributed by atoms with E-state index in [1.54, 1.807) is 16.7 Å². The lowest BCUT2D eigenvalue weighted by molar-refractivity contribution is 0.0329. The van der Waals surface area contributed by atoms with E-state index in [0.29, 0.717) is 25.6 Å². The predicted octanol–water partition coefficient (Wildman–Crippen LogP) is 0.570. The molecule has 2 N–H and O–H groups in total. The van der Waals surface area contributed by atoms with Gasteiger partial charge >= 0.3 is 5.97 Å². The SMILES string of the molecule is O=C(O)c1nc(CN2CCOCC2)n2cccc(O)c12. The zero-order chi connectivity index (χ0) is 14.1. The third kappa shape index (κ3) is 2.21. The second-order valence-electron chi connectivity index (χ2n) is 4.68. The number of nitrogens with zero attached hydrogens (tertiary/aromatic N) is 3. The fourth-order valence-corrected chi connectivity index (χ4v) is 2.40. The van der Waals surface area contributed by atoms with Crippen LogP contribution in [0.25, 0.3) is 5.52 Å². The molecule has 1 fully saturated rings. The Balaban J connectivity index is 2.02. The second-order valence-corrected chi connectivity index (χ2v) is 4.68. The van der Waals surface area contributed by atoms with Crippen LogP contribution in [0.15, 0.2) is 18.3 Å². The molecule has 0 aromatic carbocycles. The van der Waals surface area contributed by atoms with Crippen LogP contribution in [0.4, 0.5) is 0 Å². The number of carboxylic acid groups (broad SMARTS) is 1. The summed E-state index contributed by atoms with van der Waals surface area (Å²) in [5, 5.41) is 19.1. The number of pyridine rings is 1. The number of carbonyl (C=O) groups is 1. The first-order valence-corrected chi connectivity index (χ1v) is 6.39. The largest absolute Gasteiger partial charge is 0.506 e. The molecule has 2 aromatic rings. The maximum absolute atomic E-state index is 11.3. The molecule has 0 radical (unpaired) electrons. The van der Waals surface area contributed by atoms with Gasteiger partial charge in [-0.2, -0.15) is 0 Å². The highest BCUT2D eigenvalue weighted by Crippen LogP contribution is 2.24. The van der Waals surface area contributed by atoms with Crippen LogP contribution >= 0.6 is 0 Å². The first-order chi connectivity index (χ1) is 9.66. The van der Waals surface area contributed by atoms with Crippen LogP contribution in [0.1, 0.15) is 16.3 Å². The summed E-state index contributed by atoms with van der Waals surface area (Å²) in [6.45, 7) is 3.44. The molecule has 0 amide bonds. The van der Waals surface area contributed by atoms with E-state index in [0.717, 1.165) is 13.1 Å². The highest BCUT2D eigenvalue weighted by atomic mass is 16.5. The number of ether oxygens (including phenoxy) is 1. The van der Waals surface area contributed by atoms with Crippen LogP contribution < -0.4 is 0 Å². The molecular formula is C13H15N3O4. The van der Waals surface area contributed by atoms with Gasteiger partial charge in [0.25, 0.3) is 0 Å². The van der Waals surface area contributed by atoms with E-state index in [4.69, 9.17) is 4.74 Å². The van der Waals surface area contributed by atoms with Crippen molar-refractivity contribution in [2.75, 3.05) is 26.3 Å². The van der Waals surface area contributed by atoms with Crippen LogP contribution in [-0.2, 0) is 11.3 Å². The van der Waals surface area contributed by atoms with E-state index in [1.807, 2.05) is 0 Å². The van der Waals surface area contributed by atoms with E-state index < -0.39 is 5.97 Å². The lowest BCUT2D eigenvalue weighted by atomic mass is 10.3. The number of fused-ring (bicyclic) bond motifs is 1. The van der Waals surface area contributed by atoms with Crippen LogP contribution in [0.5, 0.6) is 5.75 Å². The fourth-order valence-electron chi connectivity index (χ4n) is 2.40. The molecule has 2 aromatic heterocycles. The monoisotopic (exact) mass is 277 g/mol. The molecule has 0 unspecified atom stereocenters. The zero-order valence-corrected chi connectivity index (χ0v) is 10.8. The van der Waals surface area contributed by atoms with Crippen molar-refractivity contribution < 1.29 is 19.7 Å². The summed E-state index contributed by atoms with van der Waals surface area (Å²) in [5.74, 6) is -0.613. The number of aromatic nitrogens is 2. The number of rotatable bonds is 3. The van der Waals surface area contributed by atoms with E-state index in [-0.39, 0.29) is 17.0 Å². The third-order valence-corrected chi connectivity index (χ3v) is 3.39. The van der Waals surface area contributed by atoms with Crippen molar-refractivity contribution in [1.82, 2.24) is 14.3 Å². The minimum Gasteiger partial charge on any atom is -0.506 e. The van der Waals surface area contributed by atoms with Gasteiger partial charge in [0, 0.05) is 19.3 Å². The number of hydrogen-bond acceptors (Lipinski definition) is 5. The number of carboxylic acids is 1. The molecule has 106 valence electrons. The minimum absolute atomic E-state index is 0.0781. The molecule has 1 aliphatic heterocycles. The van der Waals surface area contributed by atoms with E-state index in [1.165, 1.54) is 6.07 Å². The normalized spacial score (nSPS) is 16.6. The maximum atomic E-state index is 11.3. The molecule has 0 atom stereocenters. The molecular weight excluding hydrogens is 262 g/mol. The minimum atomic E-state index is -1.14. The van der Waals surface area contributed by atoms with Crippen molar-refractivity contribution in [3.8, 4) is 5.75 Å². The second kappa shape index (κ2) is 5.10. The van der Waals surface area contributed by atoms with Crippen molar-refractivity contribution in [1.29, 1.82) is 0 Å². The number of imidazole rings is 1. The lowest BCUT2D eigenvalue weighted by Gasteiger charge is -2.25. The lowest BCUT2D eigenvalue weighted by Crippen LogP contribution is -2.36. The Labute approximate surface area is 115 Å². The van der Waals surface area contributed by atoms with Crippen molar-refractivity contribution in [3.05, 3.63) is 29.8 Å². The molecule has 3 heterocycles. The van der Waals surface area contributed by atoms with Gasteiger partial charge in [-0.15, -0.1) is 0 Å². The van der Waals surface area contributed by atoms with Gasteiger partial charge in [0.15, 0.2) is 5.69 Å². The van der Waals surface area contributed by atoms with Gasteiger partial charge in [-0.1, -0.05) is 0 Å².